The van der Waals surface area contributed by atoms with Gasteiger partial charge in [-0.05, 0) is 55.5 Å². The minimum atomic E-state index is -3.68. The molecule has 3 aromatic carbocycles. The quantitative estimate of drug-likeness (QED) is 0.587. The smallest absolute Gasteiger partial charge is 0.264 e. The fraction of sp³-hybridized carbons (Fsp3) is 0.174. The van der Waals surface area contributed by atoms with Crippen molar-refractivity contribution in [3.05, 3.63) is 72.3 Å². The second kappa shape index (κ2) is 8.80. The maximum absolute atomic E-state index is 12.8. The van der Waals surface area contributed by atoms with Gasteiger partial charge in [0, 0.05) is 18.8 Å². The van der Waals surface area contributed by atoms with Crippen molar-refractivity contribution in [2.45, 2.75) is 11.8 Å². The fourth-order valence-electron chi connectivity index (χ4n) is 3.08. The number of hydrogen-bond donors (Lipinski definition) is 1. The van der Waals surface area contributed by atoms with Crippen LogP contribution < -0.4 is 23.8 Å². The van der Waals surface area contributed by atoms with Crippen molar-refractivity contribution in [1.29, 1.82) is 0 Å². The van der Waals surface area contributed by atoms with E-state index in [9.17, 15) is 13.2 Å². The summed E-state index contributed by atoms with van der Waals surface area (Å²) in [6.07, 6.45) is 0. The molecule has 0 atom stereocenters. The van der Waals surface area contributed by atoms with E-state index in [0.717, 1.165) is 5.56 Å². The van der Waals surface area contributed by atoms with Crippen molar-refractivity contribution < 1.29 is 27.4 Å². The van der Waals surface area contributed by atoms with Gasteiger partial charge < -0.3 is 19.5 Å². The van der Waals surface area contributed by atoms with Crippen LogP contribution in [0.1, 0.15) is 5.56 Å². The van der Waals surface area contributed by atoms with E-state index in [1.165, 1.54) is 11.4 Å². The summed E-state index contributed by atoms with van der Waals surface area (Å²) in [5.74, 6) is 1.31. The van der Waals surface area contributed by atoms with Gasteiger partial charge in [-0.25, -0.2) is 8.42 Å². The lowest BCUT2D eigenvalue weighted by atomic mass is 10.2. The number of fused-ring (bicyclic) bond motifs is 1. The van der Waals surface area contributed by atoms with Crippen LogP contribution in [-0.4, -0.2) is 34.8 Å². The minimum absolute atomic E-state index is 0.160. The van der Waals surface area contributed by atoms with Gasteiger partial charge in [0.05, 0.1) is 10.6 Å². The highest BCUT2D eigenvalue weighted by atomic mass is 32.2. The van der Waals surface area contributed by atoms with Gasteiger partial charge in [-0.1, -0.05) is 17.7 Å². The van der Waals surface area contributed by atoms with Gasteiger partial charge in [0.1, 0.15) is 5.75 Å². The second-order valence-electron chi connectivity index (χ2n) is 7.18. The molecule has 9 heteroatoms. The number of carbonyl (C=O) groups is 1. The topological polar surface area (TPSA) is 94.2 Å². The van der Waals surface area contributed by atoms with Crippen molar-refractivity contribution >= 4 is 27.3 Å². The molecule has 1 heterocycles. The molecule has 0 saturated heterocycles. The van der Waals surface area contributed by atoms with Crippen LogP contribution in [0.2, 0.25) is 0 Å². The van der Waals surface area contributed by atoms with Crippen molar-refractivity contribution in [2.24, 2.45) is 0 Å². The monoisotopic (exact) mass is 454 g/mol. The van der Waals surface area contributed by atoms with Crippen LogP contribution in [-0.2, 0) is 14.8 Å². The molecule has 1 aliphatic rings. The van der Waals surface area contributed by atoms with Gasteiger partial charge in [-0.2, -0.15) is 0 Å². The average Bonchev–Trinajstić information content (AvgIpc) is 3.26. The Labute approximate surface area is 186 Å². The Morgan fingerprint density at radius 1 is 1.00 bits per heavy atom. The Hall–Kier alpha value is -3.72. The number of nitrogens with zero attached hydrogens (tertiary/aromatic N) is 1. The predicted molar refractivity (Wildman–Crippen MR) is 120 cm³/mol. The van der Waals surface area contributed by atoms with E-state index in [1.54, 1.807) is 66.7 Å². The van der Waals surface area contributed by atoms with Crippen LogP contribution >= 0.6 is 0 Å². The fourth-order valence-corrected chi connectivity index (χ4v) is 4.28. The van der Waals surface area contributed by atoms with Crippen LogP contribution in [0.15, 0.2) is 71.6 Å². The Bertz CT molecular complexity index is 1220. The van der Waals surface area contributed by atoms with Gasteiger partial charge in [0.25, 0.3) is 15.9 Å². The number of ether oxygens (including phenoxy) is 3. The Balaban J connectivity index is 1.35. The number of carbonyl (C=O) groups excluding carboxylic acids is 1. The number of hydrogen-bond acceptors (Lipinski definition) is 6. The molecule has 8 nitrogen and oxygen atoms in total. The van der Waals surface area contributed by atoms with Crippen LogP contribution in [0.4, 0.5) is 11.4 Å². The lowest BCUT2D eigenvalue weighted by Crippen LogP contribution is -2.26. The number of anilines is 2. The maximum Gasteiger partial charge on any atom is 0.264 e. The highest BCUT2D eigenvalue weighted by Crippen LogP contribution is 2.34. The van der Waals surface area contributed by atoms with E-state index in [-0.39, 0.29) is 24.2 Å². The first kappa shape index (κ1) is 21.5. The molecule has 1 N–H and O–H groups in total. The lowest BCUT2D eigenvalue weighted by molar-refractivity contribution is -0.118. The molecule has 0 fully saturated rings. The molecular weight excluding hydrogens is 432 g/mol. The first-order valence-electron chi connectivity index (χ1n) is 9.81. The standard InChI is InChI=1S/C23H22N2O6S/c1-16-3-10-20(11-4-16)32(27,28)25(2)18-6-8-19(9-7-18)29-14-23(26)24-17-5-12-21-22(13-17)31-15-30-21/h3-13H,14-15H2,1-2H3,(H,24,26). The van der Waals surface area contributed by atoms with Crippen molar-refractivity contribution in [3.8, 4) is 17.2 Å². The number of aryl methyl sites for hydroxylation is 1. The number of sulfonamides is 1. The first-order chi connectivity index (χ1) is 15.3. The summed E-state index contributed by atoms with van der Waals surface area (Å²) in [6, 6.07) is 18.3. The number of nitrogens with one attached hydrogen (secondary N) is 1. The predicted octanol–water partition coefficient (Wildman–Crippen LogP) is 3.57. The molecule has 0 aromatic heterocycles. The molecule has 4 rings (SSSR count). The van der Waals surface area contributed by atoms with Gasteiger partial charge in [0.2, 0.25) is 6.79 Å². The Kier molecular flexibility index (Phi) is 5.91. The van der Waals surface area contributed by atoms with Crippen LogP contribution in [0.25, 0.3) is 0 Å². The zero-order chi connectivity index (χ0) is 22.7. The Morgan fingerprint density at radius 2 is 1.69 bits per heavy atom. The molecule has 0 saturated carbocycles. The summed E-state index contributed by atoms with van der Waals surface area (Å²) in [5.41, 5.74) is 2.03. The minimum Gasteiger partial charge on any atom is -0.484 e. The summed E-state index contributed by atoms with van der Waals surface area (Å²) in [7, 11) is -2.19. The molecule has 0 radical (unpaired) electrons. The van der Waals surface area contributed by atoms with Crippen LogP contribution in [0.3, 0.4) is 0 Å². The molecular formula is C23H22N2O6S. The van der Waals surface area contributed by atoms with Gasteiger partial charge in [-0.15, -0.1) is 0 Å². The average molecular weight is 455 g/mol. The van der Waals surface area contributed by atoms with Gasteiger partial charge >= 0.3 is 0 Å². The third-order valence-corrected chi connectivity index (χ3v) is 6.71. The molecule has 0 aliphatic carbocycles. The first-order valence-corrected chi connectivity index (χ1v) is 11.2. The van der Waals surface area contributed by atoms with E-state index >= 15 is 0 Å². The zero-order valence-corrected chi connectivity index (χ0v) is 18.4. The summed E-state index contributed by atoms with van der Waals surface area (Å²) in [5, 5.41) is 2.73. The molecule has 0 spiro atoms. The molecule has 1 amide bonds. The van der Waals surface area contributed by atoms with E-state index < -0.39 is 10.0 Å². The van der Waals surface area contributed by atoms with E-state index in [0.29, 0.717) is 28.6 Å². The SMILES string of the molecule is Cc1ccc(S(=O)(=O)N(C)c2ccc(OCC(=O)Nc3ccc4c(c3)OCO4)cc2)cc1. The molecule has 166 valence electrons. The second-order valence-corrected chi connectivity index (χ2v) is 9.15. The third kappa shape index (κ3) is 4.62. The third-order valence-electron chi connectivity index (χ3n) is 4.91. The van der Waals surface area contributed by atoms with Gasteiger partial charge in [0.15, 0.2) is 18.1 Å². The maximum atomic E-state index is 12.8. The Morgan fingerprint density at radius 3 is 2.41 bits per heavy atom. The molecule has 1 aliphatic heterocycles. The van der Waals surface area contributed by atoms with Crippen molar-refractivity contribution in [3.63, 3.8) is 0 Å². The van der Waals surface area contributed by atoms with Crippen molar-refractivity contribution in [1.82, 2.24) is 0 Å². The van der Waals surface area contributed by atoms with E-state index in [4.69, 9.17) is 14.2 Å². The highest BCUT2D eigenvalue weighted by molar-refractivity contribution is 7.92. The highest BCUT2D eigenvalue weighted by Gasteiger charge is 2.21. The summed E-state index contributed by atoms with van der Waals surface area (Å²) in [6.45, 7) is 1.85. The largest absolute Gasteiger partial charge is 0.484 e. The van der Waals surface area contributed by atoms with Crippen LogP contribution in [0.5, 0.6) is 17.2 Å². The normalized spacial score (nSPS) is 12.3. The van der Waals surface area contributed by atoms with E-state index in [2.05, 4.69) is 5.32 Å². The number of amides is 1. The van der Waals surface area contributed by atoms with Crippen LogP contribution in [0, 0.1) is 6.92 Å². The summed E-state index contributed by atoms with van der Waals surface area (Å²) in [4.78, 5) is 12.4. The number of benzene rings is 3. The molecule has 32 heavy (non-hydrogen) atoms. The van der Waals surface area contributed by atoms with Gasteiger partial charge in [-0.3, -0.25) is 9.10 Å². The number of rotatable bonds is 7. The molecule has 3 aromatic rings. The van der Waals surface area contributed by atoms with E-state index in [1.807, 2.05) is 6.92 Å². The molecule has 0 unspecified atom stereocenters. The summed E-state index contributed by atoms with van der Waals surface area (Å²) >= 11 is 0. The molecule has 0 bridgehead atoms. The zero-order valence-electron chi connectivity index (χ0n) is 17.6. The van der Waals surface area contributed by atoms with Crippen molar-refractivity contribution in [2.75, 3.05) is 30.1 Å². The summed E-state index contributed by atoms with van der Waals surface area (Å²) < 4.78 is 42.9. The lowest BCUT2D eigenvalue weighted by Gasteiger charge is -2.20.